The van der Waals surface area contributed by atoms with Gasteiger partial charge in [0.25, 0.3) is 0 Å². The fraction of sp³-hybridized carbons (Fsp3) is 0.667. The number of nitrogens with one attached hydrogen (secondary N) is 1. The molecule has 33 heavy (non-hydrogen) atoms. The van der Waals surface area contributed by atoms with Crippen LogP contribution in [0, 0.1) is 5.92 Å². The molecule has 1 atom stereocenters. The summed E-state index contributed by atoms with van der Waals surface area (Å²) in [5.74, 6) is 1.16. The smallest absolute Gasteiger partial charge is 0.410 e. The van der Waals surface area contributed by atoms with Crippen molar-refractivity contribution in [1.29, 1.82) is 0 Å². The number of carbonyl (C=O) groups excluding carboxylic acids is 1. The average Bonchev–Trinajstić information content (AvgIpc) is 3.25. The Morgan fingerprint density at radius 1 is 1.09 bits per heavy atom. The summed E-state index contributed by atoms with van der Waals surface area (Å²) in [5, 5.41) is 1.37. The maximum absolute atomic E-state index is 12.4. The molecule has 0 spiro atoms. The average molecular weight is 457 g/mol. The second-order valence-electron chi connectivity index (χ2n) is 10.2. The van der Waals surface area contributed by atoms with Crippen molar-refractivity contribution in [3.63, 3.8) is 0 Å². The molecule has 3 heterocycles. The molecule has 2 aromatic rings. The van der Waals surface area contributed by atoms with Gasteiger partial charge in [0, 0.05) is 42.8 Å². The molecule has 2 saturated heterocycles. The zero-order valence-corrected chi connectivity index (χ0v) is 21.3. The maximum Gasteiger partial charge on any atom is 0.410 e. The molecule has 2 aliphatic rings. The van der Waals surface area contributed by atoms with Gasteiger partial charge in [-0.25, -0.2) is 4.79 Å². The lowest BCUT2D eigenvalue weighted by molar-refractivity contribution is 0.0118. The van der Waals surface area contributed by atoms with Crippen molar-refractivity contribution in [3.05, 3.63) is 36.0 Å². The van der Waals surface area contributed by atoms with Crippen molar-refractivity contribution in [2.75, 3.05) is 32.7 Å². The van der Waals surface area contributed by atoms with E-state index >= 15 is 0 Å². The number of hydrogen-bond donors (Lipinski definition) is 2. The number of nitrogens with zero attached hydrogens (tertiary/aromatic N) is 2. The first-order valence-corrected chi connectivity index (χ1v) is 12.8. The molecular formula is C27H44N4O2. The maximum atomic E-state index is 12.4. The summed E-state index contributed by atoms with van der Waals surface area (Å²) in [5.41, 5.74) is 8.52. The van der Waals surface area contributed by atoms with Crippen molar-refractivity contribution in [2.45, 2.75) is 77.9 Å². The van der Waals surface area contributed by atoms with E-state index in [1.165, 1.54) is 29.3 Å². The Kier molecular flexibility index (Phi) is 8.82. The number of benzene rings is 1. The van der Waals surface area contributed by atoms with Gasteiger partial charge in [-0.1, -0.05) is 32.0 Å². The zero-order chi connectivity index (χ0) is 24.0. The van der Waals surface area contributed by atoms with E-state index in [1.54, 1.807) is 0 Å². The van der Waals surface area contributed by atoms with Crippen molar-refractivity contribution in [2.24, 2.45) is 11.7 Å². The Morgan fingerprint density at radius 3 is 2.33 bits per heavy atom. The monoisotopic (exact) mass is 456 g/mol. The van der Waals surface area contributed by atoms with E-state index in [2.05, 4.69) is 40.3 Å². The van der Waals surface area contributed by atoms with Gasteiger partial charge in [-0.05, 0) is 83.0 Å². The topological polar surface area (TPSA) is 74.6 Å². The standard InChI is InChI=1S/C25H38N4O2.C2H6/c1-25(2,3)31-24(30)29-14-10-19(11-15-29)23(16-26)28-12-8-18(9-13-28)21-17-27-22-7-5-4-6-20(21)22;1-2/h4-7,17-19,23,27H,8-16,26H2,1-3H3;1-2H3. The number of aromatic amines is 1. The molecule has 0 radical (unpaired) electrons. The molecule has 4 rings (SSSR count). The Bertz CT molecular complexity index is 872. The fourth-order valence-electron chi connectivity index (χ4n) is 5.41. The highest BCUT2D eigenvalue weighted by Gasteiger charge is 2.34. The third-order valence-corrected chi connectivity index (χ3v) is 7.04. The molecule has 3 N–H and O–H groups in total. The van der Waals surface area contributed by atoms with Crippen LogP contribution in [0.1, 0.15) is 71.8 Å². The van der Waals surface area contributed by atoms with Crippen molar-refractivity contribution in [3.8, 4) is 0 Å². The van der Waals surface area contributed by atoms with Gasteiger partial charge in [0.15, 0.2) is 0 Å². The Morgan fingerprint density at radius 2 is 1.73 bits per heavy atom. The summed E-state index contributed by atoms with van der Waals surface area (Å²) in [4.78, 5) is 20.3. The highest BCUT2D eigenvalue weighted by atomic mass is 16.6. The van der Waals surface area contributed by atoms with E-state index in [1.807, 2.05) is 39.5 Å². The lowest BCUT2D eigenvalue weighted by Crippen LogP contribution is -2.52. The van der Waals surface area contributed by atoms with Crippen LogP contribution in [-0.4, -0.2) is 65.2 Å². The first-order chi connectivity index (χ1) is 15.9. The van der Waals surface area contributed by atoms with Gasteiger partial charge in [-0.2, -0.15) is 0 Å². The molecule has 6 heteroatoms. The highest BCUT2D eigenvalue weighted by Crippen LogP contribution is 2.35. The van der Waals surface area contributed by atoms with Crippen LogP contribution < -0.4 is 5.73 Å². The number of rotatable bonds is 4. The molecule has 1 aromatic heterocycles. The number of hydrogen-bond acceptors (Lipinski definition) is 4. The molecule has 0 bridgehead atoms. The van der Waals surface area contributed by atoms with Crippen LogP contribution in [0.25, 0.3) is 10.9 Å². The molecule has 0 saturated carbocycles. The first-order valence-electron chi connectivity index (χ1n) is 12.8. The van der Waals surface area contributed by atoms with Crippen LogP contribution in [0.3, 0.4) is 0 Å². The van der Waals surface area contributed by atoms with Crippen LogP contribution in [-0.2, 0) is 4.74 Å². The van der Waals surface area contributed by atoms with E-state index in [0.717, 1.165) is 39.0 Å². The van der Waals surface area contributed by atoms with Crippen LogP contribution in [0.15, 0.2) is 30.5 Å². The summed E-state index contributed by atoms with van der Waals surface area (Å²) < 4.78 is 5.54. The number of aromatic nitrogens is 1. The largest absolute Gasteiger partial charge is 0.444 e. The minimum absolute atomic E-state index is 0.185. The third kappa shape index (κ3) is 6.30. The van der Waals surface area contributed by atoms with Gasteiger partial charge >= 0.3 is 6.09 Å². The number of piperidine rings is 2. The molecular weight excluding hydrogens is 412 g/mol. The van der Waals surface area contributed by atoms with E-state index in [0.29, 0.717) is 24.4 Å². The van der Waals surface area contributed by atoms with Crippen molar-refractivity contribution >= 4 is 17.0 Å². The molecule has 184 valence electrons. The van der Waals surface area contributed by atoms with Gasteiger partial charge < -0.3 is 20.4 Å². The number of para-hydroxylation sites is 1. The lowest BCUT2D eigenvalue weighted by atomic mass is 9.84. The summed E-state index contributed by atoms with van der Waals surface area (Å²) >= 11 is 0. The number of likely N-dealkylation sites (tertiary alicyclic amines) is 2. The van der Waals surface area contributed by atoms with Crippen LogP contribution in [0.4, 0.5) is 4.79 Å². The van der Waals surface area contributed by atoms with Gasteiger partial charge in [0.2, 0.25) is 0 Å². The fourth-order valence-corrected chi connectivity index (χ4v) is 5.41. The minimum atomic E-state index is -0.442. The summed E-state index contributed by atoms with van der Waals surface area (Å²) in [6.07, 6.45) is 6.38. The molecule has 2 fully saturated rings. The Hall–Kier alpha value is -2.05. The molecule has 6 nitrogen and oxygen atoms in total. The molecule has 0 aliphatic carbocycles. The number of nitrogens with two attached hydrogens (primary N) is 1. The molecule has 1 unspecified atom stereocenters. The van der Waals surface area contributed by atoms with Crippen LogP contribution in [0.2, 0.25) is 0 Å². The predicted octanol–water partition coefficient (Wildman–Crippen LogP) is 5.35. The molecule has 1 amide bonds. The zero-order valence-electron chi connectivity index (χ0n) is 21.3. The Balaban J connectivity index is 0.00000149. The number of carbonyl (C=O) groups is 1. The Labute approximate surface area is 199 Å². The summed E-state index contributed by atoms with van der Waals surface area (Å²) in [6, 6.07) is 9.01. The van der Waals surface area contributed by atoms with E-state index < -0.39 is 5.60 Å². The van der Waals surface area contributed by atoms with E-state index in [-0.39, 0.29) is 6.09 Å². The third-order valence-electron chi connectivity index (χ3n) is 7.04. The molecule has 1 aromatic carbocycles. The minimum Gasteiger partial charge on any atom is -0.444 e. The summed E-state index contributed by atoms with van der Waals surface area (Å²) in [7, 11) is 0. The highest BCUT2D eigenvalue weighted by molar-refractivity contribution is 5.83. The van der Waals surface area contributed by atoms with Gasteiger partial charge in [0.1, 0.15) is 5.60 Å². The number of H-pyrrole nitrogens is 1. The number of ether oxygens (including phenoxy) is 1. The van der Waals surface area contributed by atoms with Gasteiger partial charge in [-0.15, -0.1) is 0 Å². The first kappa shape index (κ1) is 25.6. The van der Waals surface area contributed by atoms with E-state index in [9.17, 15) is 4.79 Å². The summed E-state index contributed by atoms with van der Waals surface area (Å²) in [6.45, 7) is 14.2. The predicted molar refractivity (Wildman–Crippen MR) is 137 cm³/mol. The quantitative estimate of drug-likeness (QED) is 0.650. The van der Waals surface area contributed by atoms with Crippen molar-refractivity contribution < 1.29 is 9.53 Å². The second-order valence-corrected chi connectivity index (χ2v) is 10.2. The van der Waals surface area contributed by atoms with Gasteiger partial charge in [-0.3, -0.25) is 4.90 Å². The van der Waals surface area contributed by atoms with Crippen LogP contribution >= 0.6 is 0 Å². The normalized spacial score (nSPS) is 19.8. The lowest BCUT2D eigenvalue weighted by Gasteiger charge is -2.43. The SMILES string of the molecule is CC.CC(C)(C)OC(=O)N1CCC(C(CN)N2CCC(c3c[nH]c4ccccc34)CC2)CC1. The second kappa shape index (κ2) is 11.4. The molecule has 2 aliphatic heterocycles. The number of fused-ring (bicyclic) bond motifs is 1. The van der Waals surface area contributed by atoms with Crippen molar-refractivity contribution in [1.82, 2.24) is 14.8 Å². The van der Waals surface area contributed by atoms with E-state index in [4.69, 9.17) is 10.5 Å². The van der Waals surface area contributed by atoms with Crippen LogP contribution in [0.5, 0.6) is 0 Å². The number of amides is 1. The van der Waals surface area contributed by atoms with Gasteiger partial charge in [0.05, 0.1) is 0 Å².